The van der Waals surface area contributed by atoms with Crippen molar-refractivity contribution >= 4 is 40.4 Å². The van der Waals surface area contributed by atoms with Crippen LogP contribution in [0, 0.1) is 11.8 Å². The maximum absolute atomic E-state index is 12.8. The predicted molar refractivity (Wildman–Crippen MR) is 136 cm³/mol. The fourth-order valence-electron chi connectivity index (χ4n) is 3.48. The zero-order valence-corrected chi connectivity index (χ0v) is 20.9. The number of hydrogen-bond acceptors (Lipinski definition) is 4. The van der Waals surface area contributed by atoms with E-state index in [1.165, 1.54) is 23.5 Å². The largest absolute Gasteiger partial charge is 0.416 e. The fourth-order valence-corrected chi connectivity index (χ4v) is 4.89. The Bertz CT molecular complexity index is 1500. The summed E-state index contributed by atoms with van der Waals surface area (Å²) >= 11 is 13.8. The molecule has 0 atom stereocenters. The molecule has 2 aromatic carbocycles. The van der Waals surface area contributed by atoms with Gasteiger partial charge in [-0.15, -0.1) is 11.3 Å². The van der Waals surface area contributed by atoms with Gasteiger partial charge in [0.05, 0.1) is 31.7 Å². The molecule has 0 aliphatic heterocycles. The lowest BCUT2D eigenvalue weighted by molar-refractivity contribution is -0.137. The monoisotopic (exact) mass is 548 g/mol. The van der Waals surface area contributed by atoms with Gasteiger partial charge in [0.2, 0.25) is 0 Å². The van der Waals surface area contributed by atoms with Crippen LogP contribution in [0.5, 0.6) is 0 Å². The van der Waals surface area contributed by atoms with E-state index in [1.54, 1.807) is 36.0 Å². The number of halogens is 5. The highest BCUT2D eigenvalue weighted by Gasteiger charge is 2.30. The number of hydrogen-bond donors (Lipinski definition) is 2. The molecular formula is C25H17Cl2F3N4OS. The Morgan fingerprint density at radius 1 is 1.11 bits per heavy atom. The van der Waals surface area contributed by atoms with Gasteiger partial charge >= 0.3 is 6.18 Å². The van der Waals surface area contributed by atoms with E-state index in [0.29, 0.717) is 44.0 Å². The molecular weight excluding hydrogens is 532 g/mol. The third-order valence-corrected chi connectivity index (χ3v) is 6.64. The summed E-state index contributed by atoms with van der Waals surface area (Å²) in [7, 11) is 1.73. The molecule has 5 nitrogen and oxygen atoms in total. The maximum atomic E-state index is 12.8. The van der Waals surface area contributed by atoms with Gasteiger partial charge in [0, 0.05) is 22.7 Å². The average molecular weight is 549 g/mol. The molecule has 0 radical (unpaired) electrons. The molecule has 0 spiro atoms. The number of aromatic nitrogens is 2. The van der Waals surface area contributed by atoms with E-state index in [4.69, 9.17) is 28.9 Å². The number of benzene rings is 2. The van der Waals surface area contributed by atoms with Crippen LogP contribution in [0.2, 0.25) is 10.0 Å². The van der Waals surface area contributed by atoms with E-state index in [1.807, 2.05) is 6.07 Å². The molecule has 0 bridgehead atoms. The summed E-state index contributed by atoms with van der Waals surface area (Å²) in [6.07, 6.45) is -4.40. The summed E-state index contributed by atoms with van der Waals surface area (Å²) in [5, 5.41) is 8.25. The Morgan fingerprint density at radius 3 is 2.44 bits per heavy atom. The highest BCUT2D eigenvalue weighted by Crippen LogP contribution is 2.36. The minimum atomic E-state index is -4.40. The van der Waals surface area contributed by atoms with Crippen molar-refractivity contribution in [1.82, 2.24) is 15.1 Å². The number of amides is 1. The summed E-state index contributed by atoms with van der Waals surface area (Å²) < 4.78 is 39.9. The summed E-state index contributed by atoms with van der Waals surface area (Å²) in [5.41, 5.74) is 7.12. The summed E-state index contributed by atoms with van der Waals surface area (Å²) in [6, 6.07) is 13.2. The third kappa shape index (κ3) is 5.42. The minimum Gasteiger partial charge on any atom is -0.364 e. The van der Waals surface area contributed by atoms with Crippen molar-refractivity contribution < 1.29 is 18.0 Å². The standard InChI is InChI=1S/C25H17Cl2F3N4OS/c1-32-13-18-22(24(31)35)33-34(20-10-7-16(26)12-19(20)27)23(18)21-11-9-17(36-21)8-4-14-2-5-15(6-3-14)25(28,29)30/h2-3,5-7,9-12,32H,13H2,1H3,(H2,31,35). The molecule has 2 aromatic heterocycles. The third-order valence-electron chi connectivity index (χ3n) is 5.09. The Morgan fingerprint density at radius 2 is 1.83 bits per heavy atom. The van der Waals surface area contributed by atoms with Crippen molar-refractivity contribution in [3.05, 3.63) is 91.9 Å². The highest BCUT2D eigenvalue weighted by atomic mass is 35.5. The molecule has 4 rings (SSSR count). The van der Waals surface area contributed by atoms with Crippen LogP contribution in [0.15, 0.2) is 54.6 Å². The number of alkyl halides is 3. The predicted octanol–water partition coefficient (Wildman–Crippen LogP) is 6.14. The Labute approximate surface area is 218 Å². The zero-order chi connectivity index (χ0) is 26.0. The normalized spacial score (nSPS) is 11.3. The van der Waals surface area contributed by atoms with E-state index in [2.05, 4.69) is 22.3 Å². The summed E-state index contributed by atoms with van der Waals surface area (Å²) in [4.78, 5) is 13.6. The first-order valence-corrected chi connectivity index (χ1v) is 12.0. The smallest absolute Gasteiger partial charge is 0.364 e. The number of nitrogens with two attached hydrogens (primary N) is 1. The topological polar surface area (TPSA) is 72.9 Å². The molecule has 36 heavy (non-hydrogen) atoms. The van der Waals surface area contributed by atoms with Crippen LogP contribution < -0.4 is 11.1 Å². The molecule has 0 saturated heterocycles. The summed E-state index contributed by atoms with van der Waals surface area (Å²) in [6.45, 7) is 0.309. The molecule has 0 unspecified atom stereocenters. The van der Waals surface area contributed by atoms with E-state index < -0.39 is 17.6 Å². The molecule has 4 aromatic rings. The number of nitrogens with zero attached hydrogens (tertiary/aromatic N) is 2. The van der Waals surface area contributed by atoms with Crippen molar-refractivity contribution in [2.24, 2.45) is 5.73 Å². The zero-order valence-electron chi connectivity index (χ0n) is 18.6. The van der Waals surface area contributed by atoms with Gasteiger partial charge in [0.25, 0.3) is 5.91 Å². The van der Waals surface area contributed by atoms with Crippen molar-refractivity contribution in [2.75, 3.05) is 7.05 Å². The Balaban J connectivity index is 1.78. The number of nitrogens with one attached hydrogen (secondary N) is 1. The molecule has 1 amide bonds. The molecule has 0 saturated carbocycles. The van der Waals surface area contributed by atoms with E-state index in [0.717, 1.165) is 17.0 Å². The quantitative estimate of drug-likeness (QED) is 0.294. The van der Waals surface area contributed by atoms with E-state index >= 15 is 0 Å². The lowest BCUT2D eigenvalue weighted by atomic mass is 10.1. The second-order valence-electron chi connectivity index (χ2n) is 7.57. The molecule has 184 valence electrons. The lowest BCUT2D eigenvalue weighted by Crippen LogP contribution is -2.16. The molecule has 0 aliphatic carbocycles. The van der Waals surface area contributed by atoms with Gasteiger partial charge in [0.15, 0.2) is 5.69 Å². The Hall–Kier alpha value is -3.29. The van der Waals surface area contributed by atoms with Crippen molar-refractivity contribution in [1.29, 1.82) is 0 Å². The fraction of sp³-hybridized carbons (Fsp3) is 0.120. The molecule has 11 heteroatoms. The number of rotatable bonds is 5. The van der Waals surface area contributed by atoms with Crippen LogP contribution in [0.4, 0.5) is 13.2 Å². The van der Waals surface area contributed by atoms with Crippen molar-refractivity contribution in [2.45, 2.75) is 12.7 Å². The van der Waals surface area contributed by atoms with Gasteiger partial charge in [-0.25, -0.2) is 4.68 Å². The second kappa shape index (κ2) is 10.4. The van der Waals surface area contributed by atoms with Crippen LogP contribution in [0.25, 0.3) is 16.3 Å². The van der Waals surface area contributed by atoms with Crippen LogP contribution in [-0.2, 0) is 12.7 Å². The van der Waals surface area contributed by atoms with Crippen molar-refractivity contribution in [3.63, 3.8) is 0 Å². The molecule has 2 heterocycles. The van der Waals surface area contributed by atoms with Crippen LogP contribution >= 0.6 is 34.5 Å². The molecule has 0 fully saturated rings. The number of carbonyl (C=O) groups excluding carboxylic acids is 1. The van der Waals surface area contributed by atoms with Gasteiger partial charge < -0.3 is 11.1 Å². The number of primary amides is 1. The van der Waals surface area contributed by atoms with Gasteiger partial charge in [-0.3, -0.25) is 4.79 Å². The molecule has 0 aliphatic rings. The van der Waals surface area contributed by atoms with Gasteiger partial charge in [-0.1, -0.05) is 35.0 Å². The lowest BCUT2D eigenvalue weighted by Gasteiger charge is -2.10. The highest BCUT2D eigenvalue weighted by molar-refractivity contribution is 7.16. The van der Waals surface area contributed by atoms with Gasteiger partial charge in [-0.2, -0.15) is 18.3 Å². The van der Waals surface area contributed by atoms with E-state index in [9.17, 15) is 18.0 Å². The first kappa shape index (κ1) is 25.8. The maximum Gasteiger partial charge on any atom is 0.416 e. The van der Waals surface area contributed by atoms with Crippen LogP contribution in [-0.4, -0.2) is 22.7 Å². The minimum absolute atomic E-state index is 0.0937. The SMILES string of the molecule is CNCc1c(C(N)=O)nn(-c2ccc(Cl)cc2Cl)c1-c1ccc(C#Cc2ccc(C(F)(F)F)cc2)s1. The molecule has 3 N–H and O–H groups in total. The van der Waals surface area contributed by atoms with Crippen molar-refractivity contribution in [3.8, 4) is 28.1 Å². The number of carbonyl (C=O) groups is 1. The summed E-state index contributed by atoms with van der Waals surface area (Å²) in [5.74, 6) is 5.16. The first-order valence-electron chi connectivity index (χ1n) is 10.4. The van der Waals surface area contributed by atoms with E-state index in [-0.39, 0.29) is 5.69 Å². The average Bonchev–Trinajstić information content (AvgIpc) is 3.42. The number of thiophene rings is 1. The second-order valence-corrected chi connectivity index (χ2v) is 9.49. The Kier molecular flexibility index (Phi) is 7.43. The van der Waals surface area contributed by atoms with Crippen LogP contribution in [0.3, 0.4) is 0 Å². The first-order chi connectivity index (χ1) is 17.1. The van der Waals surface area contributed by atoms with Gasteiger partial charge in [0.1, 0.15) is 0 Å². The van der Waals surface area contributed by atoms with Gasteiger partial charge in [-0.05, 0) is 61.6 Å². The van der Waals surface area contributed by atoms with Crippen LogP contribution in [0.1, 0.15) is 32.1 Å².